The van der Waals surface area contributed by atoms with Gasteiger partial charge in [0, 0.05) is 25.5 Å². The van der Waals surface area contributed by atoms with Gasteiger partial charge in [0.1, 0.15) is 0 Å². The van der Waals surface area contributed by atoms with Crippen LogP contribution in [0.4, 0.5) is 0 Å². The van der Waals surface area contributed by atoms with Gasteiger partial charge in [-0.3, -0.25) is 4.57 Å². The molecule has 0 aromatic carbocycles. The zero-order valence-electron chi connectivity index (χ0n) is 7.83. The molecule has 78 valence electrons. The van der Waals surface area contributed by atoms with E-state index in [1.54, 1.807) is 0 Å². The fraction of sp³-hybridized carbons (Fsp3) is 1.00. The predicted octanol–water partition coefficient (Wildman–Crippen LogP) is 1.67. The zero-order chi connectivity index (χ0) is 9.73. The van der Waals surface area contributed by atoms with Crippen molar-refractivity contribution in [3.05, 3.63) is 0 Å². The van der Waals surface area contributed by atoms with E-state index >= 15 is 0 Å². The molecule has 0 radical (unpaired) electrons. The second kappa shape index (κ2) is 5.32. The van der Waals surface area contributed by atoms with Crippen LogP contribution in [-0.2, 0) is 9.09 Å². The Bertz CT molecular complexity index is 203. The molecule has 1 heterocycles. The molecule has 0 saturated carbocycles. The smallest absolute Gasteiger partial charge is 0.306 e. The van der Waals surface area contributed by atoms with Crippen molar-refractivity contribution in [1.82, 2.24) is 9.76 Å². The van der Waals surface area contributed by atoms with Gasteiger partial charge in [-0.1, -0.05) is 6.92 Å². The van der Waals surface area contributed by atoms with Gasteiger partial charge < -0.3 is 4.52 Å². The molecule has 0 amide bonds. The number of rotatable bonds is 4. The van der Waals surface area contributed by atoms with Crippen LogP contribution in [0.3, 0.4) is 0 Å². The SMILES string of the molecule is CCN1CCCOP1(=O)NCCCl. The first-order chi connectivity index (χ1) is 6.23. The predicted molar refractivity (Wildman–Crippen MR) is 54.1 cm³/mol. The topological polar surface area (TPSA) is 41.6 Å². The summed E-state index contributed by atoms with van der Waals surface area (Å²) in [4.78, 5) is 0. The van der Waals surface area contributed by atoms with E-state index in [9.17, 15) is 4.57 Å². The molecule has 1 N–H and O–H groups in total. The van der Waals surface area contributed by atoms with Crippen LogP contribution in [0.25, 0.3) is 0 Å². The molecular weight excluding hydrogens is 211 g/mol. The zero-order valence-corrected chi connectivity index (χ0v) is 9.48. The highest BCUT2D eigenvalue weighted by Crippen LogP contribution is 2.48. The van der Waals surface area contributed by atoms with Gasteiger partial charge in [0.15, 0.2) is 0 Å². The average Bonchev–Trinajstić information content (AvgIpc) is 2.16. The standard InChI is InChI=1S/C7H16ClN2O2P/c1-2-10-6-3-7-12-13(10,11)9-5-4-8/h2-7H2,1H3,(H,9,11). The van der Waals surface area contributed by atoms with Gasteiger partial charge in [-0.25, -0.2) is 9.76 Å². The molecule has 1 atom stereocenters. The fourth-order valence-electron chi connectivity index (χ4n) is 1.32. The number of hydrogen-bond donors (Lipinski definition) is 1. The van der Waals surface area contributed by atoms with Gasteiger partial charge >= 0.3 is 7.67 Å². The summed E-state index contributed by atoms with van der Waals surface area (Å²) in [6.45, 7) is 4.65. The van der Waals surface area contributed by atoms with Gasteiger partial charge in [0.25, 0.3) is 0 Å². The van der Waals surface area contributed by atoms with E-state index in [1.165, 1.54) is 0 Å². The molecule has 1 aliphatic heterocycles. The molecule has 0 aliphatic carbocycles. The molecule has 1 aliphatic rings. The van der Waals surface area contributed by atoms with Crippen LogP contribution in [0.5, 0.6) is 0 Å². The van der Waals surface area contributed by atoms with E-state index in [2.05, 4.69) is 5.09 Å². The van der Waals surface area contributed by atoms with Crippen molar-refractivity contribution < 1.29 is 9.09 Å². The molecule has 4 nitrogen and oxygen atoms in total. The average molecular weight is 227 g/mol. The number of hydrogen-bond acceptors (Lipinski definition) is 2. The van der Waals surface area contributed by atoms with Gasteiger partial charge in [0.2, 0.25) is 0 Å². The maximum absolute atomic E-state index is 12.1. The quantitative estimate of drug-likeness (QED) is 0.585. The minimum absolute atomic E-state index is 0.449. The number of nitrogens with zero attached hydrogens (tertiary/aromatic N) is 1. The Labute approximate surface area is 84.1 Å². The second-order valence-electron chi connectivity index (χ2n) is 2.85. The van der Waals surface area contributed by atoms with Gasteiger partial charge in [0.05, 0.1) is 6.61 Å². The van der Waals surface area contributed by atoms with E-state index in [1.807, 2.05) is 11.6 Å². The fourth-order valence-corrected chi connectivity index (χ4v) is 3.55. The Morgan fingerprint density at radius 2 is 2.46 bits per heavy atom. The lowest BCUT2D eigenvalue weighted by atomic mass is 10.4. The molecule has 0 spiro atoms. The first-order valence-corrected chi connectivity index (χ1v) is 6.65. The number of nitrogens with one attached hydrogen (secondary N) is 1. The Hall–Kier alpha value is 0.400. The third kappa shape index (κ3) is 2.93. The van der Waals surface area contributed by atoms with Gasteiger partial charge in [-0.05, 0) is 6.42 Å². The van der Waals surface area contributed by atoms with E-state index in [0.717, 1.165) is 19.5 Å². The van der Waals surface area contributed by atoms with Crippen molar-refractivity contribution >= 4 is 19.3 Å². The normalized spacial score (nSPS) is 30.6. The Morgan fingerprint density at radius 1 is 1.69 bits per heavy atom. The second-order valence-corrected chi connectivity index (χ2v) is 5.41. The third-order valence-electron chi connectivity index (χ3n) is 1.97. The van der Waals surface area contributed by atoms with Gasteiger partial charge in [-0.15, -0.1) is 11.6 Å². The maximum Gasteiger partial charge on any atom is 0.343 e. The largest absolute Gasteiger partial charge is 0.343 e. The van der Waals surface area contributed by atoms with Crippen molar-refractivity contribution in [2.75, 3.05) is 32.1 Å². The molecule has 6 heteroatoms. The highest BCUT2D eigenvalue weighted by molar-refractivity contribution is 7.54. The molecule has 13 heavy (non-hydrogen) atoms. The van der Waals surface area contributed by atoms with Crippen LogP contribution in [0, 0.1) is 0 Å². The lowest BCUT2D eigenvalue weighted by molar-refractivity contribution is 0.203. The van der Waals surface area contributed by atoms with Crippen molar-refractivity contribution in [3.8, 4) is 0 Å². The lowest BCUT2D eigenvalue weighted by Crippen LogP contribution is -2.35. The first-order valence-electron chi connectivity index (χ1n) is 4.54. The van der Waals surface area contributed by atoms with Crippen molar-refractivity contribution in [2.45, 2.75) is 13.3 Å². The summed E-state index contributed by atoms with van der Waals surface area (Å²) in [7, 11) is -2.74. The monoisotopic (exact) mass is 226 g/mol. The molecule has 1 unspecified atom stereocenters. The summed E-state index contributed by atoms with van der Waals surface area (Å²) in [6, 6.07) is 0. The lowest BCUT2D eigenvalue weighted by Gasteiger charge is -2.34. The summed E-state index contributed by atoms with van der Waals surface area (Å²) < 4.78 is 19.2. The molecule has 1 saturated heterocycles. The van der Waals surface area contributed by atoms with Crippen LogP contribution in [-0.4, -0.2) is 36.8 Å². The minimum Gasteiger partial charge on any atom is -0.306 e. The number of halogens is 1. The van der Waals surface area contributed by atoms with Crippen LogP contribution < -0.4 is 5.09 Å². The van der Waals surface area contributed by atoms with Crippen LogP contribution in [0.2, 0.25) is 0 Å². The minimum atomic E-state index is -2.74. The summed E-state index contributed by atoms with van der Waals surface area (Å²) in [5.41, 5.74) is 0. The van der Waals surface area contributed by atoms with Crippen molar-refractivity contribution in [3.63, 3.8) is 0 Å². The molecule has 0 aromatic rings. The Balaban J connectivity index is 2.55. The molecular formula is C7H16ClN2O2P. The van der Waals surface area contributed by atoms with Crippen LogP contribution >= 0.6 is 19.3 Å². The third-order valence-corrected chi connectivity index (χ3v) is 4.54. The summed E-state index contributed by atoms with van der Waals surface area (Å²) in [6.07, 6.45) is 0.945. The van der Waals surface area contributed by atoms with E-state index < -0.39 is 7.67 Å². The van der Waals surface area contributed by atoms with Gasteiger partial charge in [-0.2, -0.15) is 0 Å². The highest BCUT2D eigenvalue weighted by Gasteiger charge is 2.32. The Morgan fingerprint density at radius 3 is 3.08 bits per heavy atom. The van der Waals surface area contributed by atoms with E-state index in [0.29, 0.717) is 19.0 Å². The maximum atomic E-state index is 12.1. The van der Waals surface area contributed by atoms with Crippen LogP contribution in [0.1, 0.15) is 13.3 Å². The number of alkyl halides is 1. The molecule has 0 aromatic heterocycles. The van der Waals surface area contributed by atoms with Crippen molar-refractivity contribution in [1.29, 1.82) is 0 Å². The van der Waals surface area contributed by atoms with E-state index in [4.69, 9.17) is 16.1 Å². The first kappa shape index (κ1) is 11.5. The highest BCUT2D eigenvalue weighted by atomic mass is 35.5. The van der Waals surface area contributed by atoms with Crippen molar-refractivity contribution in [2.24, 2.45) is 0 Å². The summed E-state index contributed by atoms with van der Waals surface area (Å²) >= 11 is 5.52. The van der Waals surface area contributed by atoms with E-state index in [-0.39, 0.29) is 0 Å². The molecule has 1 fully saturated rings. The molecule has 0 bridgehead atoms. The Kier molecular flexibility index (Phi) is 4.70. The summed E-state index contributed by atoms with van der Waals surface area (Å²) in [5.74, 6) is 0.449. The molecule has 1 rings (SSSR count). The summed E-state index contributed by atoms with van der Waals surface area (Å²) in [5, 5.41) is 2.88. The van der Waals surface area contributed by atoms with Crippen LogP contribution in [0.15, 0.2) is 0 Å².